The summed E-state index contributed by atoms with van der Waals surface area (Å²) in [5, 5.41) is 1.20. The zero-order valence-electron chi connectivity index (χ0n) is 14.1. The van der Waals surface area contributed by atoms with Gasteiger partial charge in [-0.15, -0.1) is 0 Å². The highest BCUT2D eigenvalue weighted by atomic mass is 15.4. The van der Waals surface area contributed by atoms with Crippen LogP contribution in [-0.2, 0) is 0 Å². The molecule has 3 heteroatoms. The Morgan fingerprint density at radius 3 is 2.62 bits per heavy atom. The van der Waals surface area contributed by atoms with E-state index in [0.717, 1.165) is 12.2 Å². The van der Waals surface area contributed by atoms with Crippen LogP contribution in [-0.4, -0.2) is 28.5 Å². The summed E-state index contributed by atoms with van der Waals surface area (Å²) in [6, 6.07) is 21.5. The molecule has 0 fully saturated rings. The van der Waals surface area contributed by atoms with Crippen LogP contribution in [0.1, 0.15) is 24.1 Å². The van der Waals surface area contributed by atoms with E-state index in [4.69, 9.17) is 0 Å². The van der Waals surface area contributed by atoms with Crippen molar-refractivity contribution in [2.24, 2.45) is 0 Å². The summed E-state index contributed by atoms with van der Waals surface area (Å²) in [6.45, 7) is 3.15. The van der Waals surface area contributed by atoms with Gasteiger partial charge in [0.15, 0.2) is 0 Å². The van der Waals surface area contributed by atoms with E-state index >= 15 is 0 Å². The maximum absolute atomic E-state index is 4.48. The van der Waals surface area contributed by atoms with Gasteiger partial charge in [0.1, 0.15) is 0 Å². The molecule has 0 aliphatic carbocycles. The Morgan fingerprint density at radius 2 is 1.79 bits per heavy atom. The Labute approximate surface area is 142 Å². The summed E-state index contributed by atoms with van der Waals surface area (Å²) in [4.78, 5) is 9.18. The Morgan fingerprint density at radius 1 is 0.958 bits per heavy atom. The molecule has 2 heterocycles. The highest BCUT2D eigenvalue weighted by molar-refractivity contribution is 5.91. The van der Waals surface area contributed by atoms with Gasteiger partial charge in [-0.05, 0) is 24.6 Å². The first-order valence-corrected chi connectivity index (χ1v) is 8.32. The monoisotopic (exact) mass is 315 g/mol. The summed E-state index contributed by atoms with van der Waals surface area (Å²) in [7, 11) is 2.15. The van der Waals surface area contributed by atoms with Crippen LogP contribution >= 0.6 is 0 Å². The van der Waals surface area contributed by atoms with Gasteiger partial charge in [0.2, 0.25) is 0 Å². The molecule has 3 aromatic rings. The van der Waals surface area contributed by atoms with E-state index in [9.17, 15) is 0 Å². The fraction of sp³-hybridized carbons (Fsp3) is 0.190. The Balaban J connectivity index is 1.72. The molecule has 1 aromatic heterocycles. The third kappa shape index (κ3) is 2.52. The van der Waals surface area contributed by atoms with Gasteiger partial charge in [-0.1, -0.05) is 48.5 Å². The summed E-state index contributed by atoms with van der Waals surface area (Å²) in [6.07, 6.45) is 4.13. The highest BCUT2D eigenvalue weighted by Crippen LogP contribution is 2.33. The fourth-order valence-corrected chi connectivity index (χ4v) is 3.38. The van der Waals surface area contributed by atoms with Gasteiger partial charge in [-0.2, -0.15) is 0 Å². The van der Waals surface area contributed by atoms with E-state index in [2.05, 4.69) is 89.6 Å². The van der Waals surface area contributed by atoms with E-state index in [1.165, 1.54) is 22.2 Å². The number of hydrogen-bond acceptors (Lipinski definition) is 3. The third-order valence-electron chi connectivity index (χ3n) is 4.78. The maximum atomic E-state index is 4.48. The lowest BCUT2D eigenvalue weighted by Gasteiger charge is -2.26. The number of nitrogens with zero attached hydrogens (tertiary/aromatic N) is 3. The van der Waals surface area contributed by atoms with Crippen molar-refractivity contribution in [3.63, 3.8) is 0 Å². The lowest BCUT2D eigenvalue weighted by atomic mass is 10.1. The van der Waals surface area contributed by atoms with Crippen LogP contribution in [0.25, 0.3) is 16.6 Å². The highest BCUT2D eigenvalue weighted by Gasteiger charge is 2.24. The van der Waals surface area contributed by atoms with Gasteiger partial charge < -0.3 is 9.80 Å². The molecule has 0 bridgehead atoms. The van der Waals surface area contributed by atoms with Crippen molar-refractivity contribution in [1.29, 1.82) is 0 Å². The van der Waals surface area contributed by atoms with E-state index < -0.39 is 0 Å². The smallest absolute Gasteiger partial charge is 0.0902 e. The lowest BCUT2D eigenvalue weighted by Crippen LogP contribution is -2.25. The molecular formula is C21H21N3. The van der Waals surface area contributed by atoms with Gasteiger partial charge in [-0.25, -0.2) is 0 Å². The Bertz CT molecular complexity index is 880. The van der Waals surface area contributed by atoms with Crippen molar-refractivity contribution < 1.29 is 0 Å². The van der Waals surface area contributed by atoms with Crippen LogP contribution in [0.4, 0.5) is 0 Å². The normalized spacial score (nSPS) is 15.7. The summed E-state index contributed by atoms with van der Waals surface area (Å²) in [5.41, 5.74) is 4.86. The molecule has 2 aromatic carbocycles. The second-order valence-electron chi connectivity index (χ2n) is 6.33. The minimum atomic E-state index is 0.347. The number of benzene rings is 2. The minimum Gasteiger partial charge on any atom is -0.355 e. The standard InChI is InChI=1S/C21H21N3/c1-16(17-8-4-3-5-9-17)24-14-21(23(2)15-24)19-10-6-12-20-18(19)11-7-13-22-20/h3-14,16H,15H2,1-2H3/t16-/m1/s1. The van der Waals surface area contributed by atoms with Crippen molar-refractivity contribution in [1.82, 2.24) is 14.8 Å². The predicted molar refractivity (Wildman–Crippen MR) is 99.0 cm³/mol. The largest absolute Gasteiger partial charge is 0.355 e. The quantitative estimate of drug-likeness (QED) is 0.709. The third-order valence-corrected chi connectivity index (χ3v) is 4.78. The summed E-state index contributed by atoms with van der Waals surface area (Å²) >= 11 is 0. The molecule has 0 saturated carbocycles. The van der Waals surface area contributed by atoms with Crippen LogP contribution in [0.5, 0.6) is 0 Å². The van der Waals surface area contributed by atoms with Crippen LogP contribution in [0.15, 0.2) is 73.1 Å². The summed E-state index contributed by atoms with van der Waals surface area (Å²) < 4.78 is 0. The summed E-state index contributed by atoms with van der Waals surface area (Å²) in [5.74, 6) is 0. The lowest BCUT2D eigenvalue weighted by molar-refractivity contribution is 0.247. The molecule has 1 aliphatic rings. The van der Waals surface area contributed by atoms with Gasteiger partial charge >= 0.3 is 0 Å². The zero-order valence-corrected chi connectivity index (χ0v) is 14.1. The molecule has 1 atom stereocenters. The van der Waals surface area contributed by atoms with Crippen molar-refractivity contribution in [2.45, 2.75) is 13.0 Å². The van der Waals surface area contributed by atoms with Crippen LogP contribution in [0, 0.1) is 0 Å². The van der Waals surface area contributed by atoms with Gasteiger partial charge in [0.05, 0.1) is 23.9 Å². The molecular weight excluding hydrogens is 294 g/mol. The number of rotatable bonds is 3. The molecule has 0 amide bonds. The first-order chi connectivity index (χ1) is 11.7. The van der Waals surface area contributed by atoms with Gasteiger partial charge in [0.25, 0.3) is 0 Å². The molecule has 24 heavy (non-hydrogen) atoms. The molecule has 1 aliphatic heterocycles. The van der Waals surface area contributed by atoms with Gasteiger partial charge in [0, 0.05) is 30.4 Å². The van der Waals surface area contributed by atoms with E-state index in [-0.39, 0.29) is 0 Å². The number of aromatic nitrogens is 1. The number of pyridine rings is 1. The second-order valence-corrected chi connectivity index (χ2v) is 6.33. The predicted octanol–water partition coefficient (Wildman–Crippen LogP) is 4.50. The number of fused-ring (bicyclic) bond motifs is 1. The van der Waals surface area contributed by atoms with Crippen molar-refractivity contribution >= 4 is 16.6 Å². The molecule has 0 radical (unpaired) electrons. The molecule has 0 spiro atoms. The van der Waals surface area contributed by atoms with E-state index in [1.54, 1.807) is 0 Å². The molecule has 0 unspecified atom stereocenters. The van der Waals surface area contributed by atoms with Crippen molar-refractivity contribution in [3.8, 4) is 0 Å². The van der Waals surface area contributed by atoms with E-state index in [0.29, 0.717) is 6.04 Å². The average Bonchev–Trinajstić information content (AvgIpc) is 3.03. The second kappa shape index (κ2) is 6.00. The van der Waals surface area contributed by atoms with Crippen molar-refractivity contribution in [3.05, 3.63) is 84.2 Å². The molecule has 0 saturated heterocycles. The van der Waals surface area contributed by atoms with Crippen LogP contribution in [0.3, 0.4) is 0 Å². The molecule has 4 rings (SSSR count). The average molecular weight is 315 g/mol. The minimum absolute atomic E-state index is 0.347. The fourth-order valence-electron chi connectivity index (χ4n) is 3.38. The zero-order chi connectivity index (χ0) is 16.5. The van der Waals surface area contributed by atoms with E-state index in [1.807, 2.05) is 12.3 Å². The topological polar surface area (TPSA) is 19.4 Å². The van der Waals surface area contributed by atoms with Crippen LogP contribution < -0.4 is 0 Å². The Kier molecular flexibility index (Phi) is 3.69. The Hall–Kier alpha value is -2.81. The van der Waals surface area contributed by atoms with Crippen LogP contribution in [0.2, 0.25) is 0 Å². The molecule has 120 valence electrons. The van der Waals surface area contributed by atoms with Crippen molar-refractivity contribution in [2.75, 3.05) is 13.7 Å². The molecule has 0 N–H and O–H groups in total. The number of hydrogen-bond donors (Lipinski definition) is 0. The molecule has 3 nitrogen and oxygen atoms in total. The first kappa shape index (κ1) is 14.8. The first-order valence-electron chi connectivity index (χ1n) is 8.32. The SMILES string of the molecule is C[C@H](c1ccccc1)N1C=C(c2cccc3ncccc23)N(C)C1. The van der Waals surface area contributed by atoms with Gasteiger partial charge in [-0.3, -0.25) is 4.98 Å². The maximum Gasteiger partial charge on any atom is 0.0902 e.